The van der Waals surface area contributed by atoms with Crippen molar-refractivity contribution in [1.29, 1.82) is 0 Å². The molecular formula is C19H29N3O2. The Bertz CT molecular complexity index is 509. The van der Waals surface area contributed by atoms with Gasteiger partial charge in [-0.25, -0.2) is 4.79 Å². The molecule has 1 aromatic carbocycles. The van der Waals surface area contributed by atoms with E-state index >= 15 is 0 Å². The van der Waals surface area contributed by atoms with Crippen molar-refractivity contribution < 1.29 is 9.53 Å². The van der Waals surface area contributed by atoms with Crippen LogP contribution in [0.5, 0.6) is 0 Å². The summed E-state index contributed by atoms with van der Waals surface area (Å²) >= 11 is 0. The fourth-order valence-corrected chi connectivity index (χ4v) is 3.67. The molecule has 0 bridgehead atoms. The lowest BCUT2D eigenvalue weighted by Gasteiger charge is -2.39. The molecule has 2 amide bonds. The second kappa shape index (κ2) is 8.49. The maximum atomic E-state index is 12.4. The van der Waals surface area contributed by atoms with Gasteiger partial charge in [-0.05, 0) is 31.2 Å². The molecule has 5 heteroatoms. The summed E-state index contributed by atoms with van der Waals surface area (Å²) in [7, 11) is 1.86. The van der Waals surface area contributed by atoms with E-state index in [1.807, 2.05) is 25.2 Å². The van der Waals surface area contributed by atoms with E-state index in [1.54, 1.807) is 4.90 Å². The van der Waals surface area contributed by atoms with Crippen LogP contribution in [0.4, 0.5) is 4.79 Å². The van der Waals surface area contributed by atoms with Crippen LogP contribution in [0.15, 0.2) is 30.3 Å². The largest absolute Gasteiger partial charge is 0.381 e. The lowest BCUT2D eigenvalue weighted by molar-refractivity contribution is 0.0242. The van der Waals surface area contributed by atoms with Gasteiger partial charge in [-0.2, -0.15) is 0 Å². The van der Waals surface area contributed by atoms with Gasteiger partial charge in [-0.15, -0.1) is 0 Å². The normalized spacial score (nSPS) is 20.7. The molecule has 132 valence electrons. The summed E-state index contributed by atoms with van der Waals surface area (Å²) in [4.78, 5) is 16.7. The highest BCUT2D eigenvalue weighted by Gasteiger charge is 2.27. The SMILES string of the molecule is CN(Cc1ccccc1)C(=O)NC1CCN(C2CCOCC2)CC1. The van der Waals surface area contributed by atoms with Gasteiger partial charge < -0.3 is 19.9 Å². The minimum atomic E-state index is 0.0309. The lowest BCUT2D eigenvalue weighted by atomic mass is 10.00. The predicted octanol–water partition coefficient (Wildman–Crippen LogP) is 2.47. The molecule has 2 heterocycles. The predicted molar refractivity (Wildman–Crippen MR) is 94.9 cm³/mol. The number of amides is 2. The van der Waals surface area contributed by atoms with E-state index in [9.17, 15) is 4.79 Å². The Morgan fingerprint density at radius 3 is 2.50 bits per heavy atom. The third kappa shape index (κ3) is 4.71. The molecule has 2 aliphatic rings. The van der Waals surface area contributed by atoms with Gasteiger partial charge in [0.25, 0.3) is 0 Å². The summed E-state index contributed by atoms with van der Waals surface area (Å²) in [6.07, 6.45) is 4.39. The molecule has 2 saturated heterocycles. The number of likely N-dealkylation sites (tertiary alicyclic amines) is 1. The number of urea groups is 1. The fraction of sp³-hybridized carbons (Fsp3) is 0.632. The summed E-state index contributed by atoms with van der Waals surface area (Å²) in [5, 5.41) is 3.20. The molecule has 5 nitrogen and oxygen atoms in total. The number of ether oxygens (including phenoxy) is 1. The molecule has 1 N–H and O–H groups in total. The van der Waals surface area contributed by atoms with E-state index in [-0.39, 0.29) is 6.03 Å². The Morgan fingerprint density at radius 1 is 1.17 bits per heavy atom. The Labute approximate surface area is 145 Å². The highest BCUT2D eigenvalue weighted by Crippen LogP contribution is 2.20. The van der Waals surface area contributed by atoms with Crippen LogP contribution in [0.2, 0.25) is 0 Å². The number of carbonyl (C=O) groups excluding carboxylic acids is 1. The number of nitrogens with one attached hydrogen (secondary N) is 1. The average molecular weight is 331 g/mol. The Kier molecular flexibility index (Phi) is 6.10. The van der Waals surface area contributed by atoms with Crippen LogP contribution in [0.1, 0.15) is 31.2 Å². The van der Waals surface area contributed by atoms with Crippen LogP contribution in [0, 0.1) is 0 Å². The van der Waals surface area contributed by atoms with E-state index in [0.29, 0.717) is 18.6 Å². The van der Waals surface area contributed by atoms with Crippen LogP contribution >= 0.6 is 0 Å². The maximum Gasteiger partial charge on any atom is 0.317 e. The Morgan fingerprint density at radius 2 is 1.83 bits per heavy atom. The maximum absolute atomic E-state index is 12.4. The molecule has 0 saturated carbocycles. The van der Waals surface area contributed by atoms with Gasteiger partial charge in [0.15, 0.2) is 0 Å². The highest BCUT2D eigenvalue weighted by molar-refractivity contribution is 5.74. The molecule has 0 aromatic heterocycles. The van der Waals surface area contributed by atoms with Crippen LogP contribution < -0.4 is 5.32 Å². The van der Waals surface area contributed by atoms with E-state index in [1.165, 1.54) is 0 Å². The average Bonchev–Trinajstić information content (AvgIpc) is 2.64. The van der Waals surface area contributed by atoms with Crippen molar-refractivity contribution in [2.75, 3.05) is 33.4 Å². The second-order valence-electron chi connectivity index (χ2n) is 6.94. The molecule has 1 aromatic rings. The smallest absolute Gasteiger partial charge is 0.317 e. The third-order valence-corrected chi connectivity index (χ3v) is 5.17. The lowest BCUT2D eigenvalue weighted by Crippen LogP contribution is -2.51. The fourth-order valence-electron chi connectivity index (χ4n) is 3.67. The van der Waals surface area contributed by atoms with Crippen molar-refractivity contribution in [2.24, 2.45) is 0 Å². The number of piperidine rings is 1. The first-order valence-corrected chi connectivity index (χ1v) is 9.10. The number of benzene rings is 1. The van der Waals surface area contributed by atoms with Crippen molar-refractivity contribution >= 4 is 6.03 Å². The molecule has 0 radical (unpaired) electrons. The zero-order valence-electron chi connectivity index (χ0n) is 14.6. The van der Waals surface area contributed by atoms with Gasteiger partial charge in [0.05, 0.1) is 0 Å². The number of hydrogen-bond donors (Lipinski definition) is 1. The van der Waals surface area contributed by atoms with E-state index < -0.39 is 0 Å². The number of rotatable bonds is 4. The van der Waals surface area contributed by atoms with Gasteiger partial charge in [-0.3, -0.25) is 0 Å². The quantitative estimate of drug-likeness (QED) is 0.922. The molecule has 0 unspecified atom stereocenters. The summed E-state index contributed by atoms with van der Waals surface area (Å²) in [5.74, 6) is 0. The highest BCUT2D eigenvalue weighted by atomic mass is 16.5. The number of carbonyl (C=O) groups is 1. The summed E-state index contributed by atoms with van der Waals surface area (Å²) < 4.78 is 5.45. The number of hydrogen-bond acceptors (Lipinski definition) is 3. The van der Waals surface area contributed by atoms with Crippen molar-refractivity contribution in [3.05, 3.63) is 35.9 Å². The topological polar surface area (TPSA) is 44.8 Å². The zero-order chi connectivity index (χ0) is 16.8. The zero-order valence-corrected chi connectivity index (χ0v) is 14.6. The minimum absolute atomic E-state index is 0.0309. The molecule has 24 heavy (non-hydrogen) atoms. The first-order chi connectivity index (χ1) is 11.7. The van der Waals surface area contributed by atoms with Gasteiger partial charge in [0.2, 0.25) is 0 Å². The molecule has 0 spiro atoms. The van der Waals surface area contributed by atoms with Crippen LogP contribution in [-0.4, -0.2) is 61.3 Å². The van der Waals surface area contributed by atoms with Crippen LogP contribution in [-0.2, 0) is 11.3 Å². The van der Waals surface area contributed by atoms with Crippen molar-refractivity contribution in [2.45, 2.75) is 44.3 Å². The molecule has 0 atom stereocenters. The molecular weight excluding hydrogens is 302 g/mol. The van der Waals surface area contributed by atoms with Crippen LogP contribution in [0.3, 0.4) is 0 Å². The minimum Gasteiger partial charge on any atom is -0.381 e. The molecule has 0 aliphatic carbocycles. The molecule has 2 fully saturated rings. The first-order valence-electron chi connectivity index (χ1n) is 9.10. The van der Waals surface area contributed by atoms with Gasteiger partial charge in [0, 0.05) is 52.0 Å². The standard InChI is InChI=1S/C19H29N3O2/c1-21(15-16-5-3-2-4-6-16)19(23)20-17-7-11-22(12-8-17)18-9-13-24-14-10-18/h2-6,17-18H,7-15H2,1H3,(H,20,23). The summed E-state index contributed by atoms with van der Waals surface area (Å²) in [6, 6.07) is 11.1. The monoisotopic (exact) mass is 331 g/mol. The van der Waals surface area contributed by atoms with E-state index in [0.717, 1.165) is 57.6 Å². The van der Waals surface area contributed by atoms with Crippen molar-refractivity contribution in [3.63, 3.8) is 0 Å². The van der Waals surface area contributed by atoms with Gasteiger partial charge >= 0.3 is 6.03 Å². The van der Waals surface area contributed by atoms with E-state index in [4.69, 9.17) is 4.74 Å². The van der Waals surface area contributed by atoms with Gasteiger partial charge in [-0.1, -0.05) is 30.3 Å². The molecule has 2 aliphatic heterocycles. The van der Waals surface area contributed by atoms with E-state index in [2.05, 4.69) is 22.3 Å². The van der Waals surface area contributed by atoms with Crippen molar-refractivity contribution in [1.82, 2.24) is 15.1 Å². The molecule has 3 rings (SSSR count). The second-order valence-corrected chi connectivity index (χ2v) is 6.94. The first kappa shape index (κ1) is 17.2. The van der Waals surface area contributed by atoms with Crippen LogP contribution in [0.25, 0.3) is 0 Å². The Balaban J connectivity index is 1.41. The summed E-state index contributed by atoms with van der Waals surface area (Å²) in [6.45, 7) is 4.60. The Hall–Kier alpha value is -1.59. The van der Waals surface area contributed by atoms with Gasteiger partial charge in [0.1, 0.15) is 0 Å². The third-order valence-electron chi connectivity index (χ3n) is 5.17. The van der Waals surface area contributed by atoms with Crippen molar-refractivity contribution in [3.8, 4) is 0 Å². The summed E-state index contributed by atoms with van der Waals surface area (Å²) in [5.41, 5.74) is 1.16. The number of nitrogens with zero attached hydrogens (tertiary/aromatic N) is 2.